The van der Waals surface area contributed by atoms with Crippen LogP contribution in [0.3, 0.4) is 0 Å². The number of nitrogens with one attached hydrogen (secondary N) is 3. The number of rotatable bonds is 4. The van der Waals surface area contributed by atoms with Gasteiger partial charge in [-0.1, -0.05) is 30.3 Å². The Morgan fingerprint density at radius 1 is 1.20 bits per heavy atom. The normalized spacial score (nSPS) is 19.2. The number of hydrogen-bond donors (Lipinski definition) is 3. The molecule has 3 N–H and O–H groups in total. The lowest BCUT2D eigenvalue weighted by Gasteiger charge is -2.38. The topological polar surface area (TPSA) is 79.0 Å². The summed E-state index contributed by atoms with van der Waals surface area (Å²) in [4.78, 5) is 19.8. The maximum Gasteiger partial charge on any atom is 0.255 e. The second-order valence-corrected chi connectivity index (χ2v) is 6.88. The smallest absolute Gasteiger partial charge is 0.255 e. The molecule has 1 aromatic carbocycles. The molecule has 3 heterocycles. The summed E-state index contributed by atoms with van der Waals surface area (Å²) in [5.74, 6) is 0.564. The SMILES string of the molecule is O=c1[nH]c(NCC2(c3ccccc3)CCOCC2)nc2c1CCNC2. The van der Waals surface area contributed by atoms with E-state index in [1.165, 1.54) is 5.56 Å². The van der Waals surface area contributed by atoms with Crippen LogP contribution in [-0.4, -0.2) is 36.3 Å². The molecule has 0 saturated carbocycles. The van der Waals surface area contributed by atoms with Crippen molar-refractivity contribution in [1.29, 1.82) is 0 Å². The van der Waals surface area contributed by atoms with Crippen LogP contribution in [0, 0.1) is 0 Å². The average Bonchev–Trinajstić information content (AvgIpc) is 2.68. The summed E-state index contributed by atoms with van der Waals surface area (Å²) in [5.41, 5.74) is 2.97. The van der Waals surface area contributed by atoms with Crippen molar-refractivity contribution >= 4 is 5.95 Å². The predicted molar refractivity (Wildman–Crippen MR) is 96.9 cm³/mol. The summed E-state index contributed by atoms with van der Waals surface area (Å²) in [7, 11) is 0. The van der Waals surface area contributed by atoms with E-state index in [-0.39, 0.29) is 11.0 Å². The standard InChI is InChI=1S/C19H24N4O2/c24-17-15-6-9-20-12-16(15)22-18(23-17)21-13-19(7-10-25-11-8-19)14-4-2-1-3-5-14/h1-5,20H,6-13H2,(H2,21,22,23,24). The van der Waals surface area contributed by atoms with E-state index in [0.717, 1.165) is 56.8 Å². The van der Waals surface area contributed by atoms with Gasteiger partial charge >= 0.3 is 0 Å². The van der Waals surface area contributed by atoms with E-state index in [0.29, 0.717) is 12.5 Å². The minimum Gasteiger partial charge on any atom is -0.381 e. The van der Waals surface area contributed by atoms with Gasteiger partial charge in [0.1, 0.15) is 0 Å². The molecule has 132 valence electrons. The lowest BCUT2D eigenvalue weighted by Crippen LogP contribution is -2.40. The van der Waals surface area contributed by atoms with Gasteiger partial charge in [0.25, 0.3) is 5.56 Å². The molecule has 0 aliphatic carbocycles. The average molecular weight is 340 g/mol. The highest BCUT2D eigenvalue weighted by Gasteiger charge is 2.34. The van der Waals surface area contributed by atoms with Crippen molar-refractivity contribution in [1.82, 2.24) is 15.3 Å². The number of anilines is 1. The van der Waals surface area contributed by atoms with E-state index in [4.69, 9.17) is 4.74 Å². The van der Waals surface area contributed by atoms with Gasteiger partial charge in [0.05, 0.1) is 5.69 Å². The van der Waals surface area contributed by atoms with Crippen LogP contribution in [-0.2, 0) is 23.1 Å². The molecule has 1 saturated heterocycles. The number of aromatic amines is 1. The Bertz CT molecular complexity index is 782. The number of hydrogen-bond acceptors (Lipinski definition) is 5. The number of ether oxygens (including phenoxy) is 1. The van der Waals surface area contributed by atoms with Crippen LogP contribution < -0.4 is 16.2 Å². The number of fused-ring (bicyclic) bond motifs is 1. The highest BCUT2D eigenvalue weighted by molar-refractivity contribution is 5.34. The van der Waals surface area contributed by atoms with Crippen molar-refractivity contribution in [2.24, 2.45) is 0 Å². The van der Waals surface area contributed by atoms with E-state index in [1.807, 2.05) is 6.07 Å². The Labute approximate surface area is 147 Å². The summed E-state index contributed by atoms with van der Waals surface area (Å²) < 4.78 is 5.58. The molecule has 0 unspecified atom stereocenters. The van der Waals surface area contributed by atoms with Crippen molar-refractivity contribution < 1.29 is 4.74 Å². The van der Waals surface area contributed by atoms with E-state index in [9.17, 15) is 4.79 Å². The Hall–Kier alpha value is -2.18. The maximum absolute atomic E-state index is 12.3. The first-order valence-electron chi connectivity index (χ1n) is 8.97. The first kappa shape index (κ1) is 16.3. The van der Waals surface area contributed by atoms with Gasteiger partial charge in [-0.05, 0) is 31.4 Å². The van der Waals surface area contributed by atoms with Crippen LogP contribution >= 0.6 is 0 Å². The minimum absolute atomic E-state index is 0.00618. The second-order valence-electron chi connectivity index (χ2n) is 6.88. The molecule has 1 fully saturated rings. The quantitative estimate of drug-likeness (QED) is 0.787. The van der Waals surface area contributed by atoms with Crippen LogP contribution in [0.1, 0.15) is 29.7 Å². The van der Waals surface area contributed by atoms with Crippen molar-refractivity contribution in [3.63, 3.8) is 0 Å². The molecule has 2 aromatic rings. The van der Waals surface area contributed by atoms with Gasteiger partial charge in [-0.15, -0.1) is 0 Å². The number of aromatic nitrogens is 2. The van der Waals surface area contributed by atoms with Gasteiger partial charge in [-0.3, -0.25) is 9.78 Å². The van der Waals surface area contributed by atoms with Crippen molar-refractivity contribution in [3.8, 4) is 0 Å². The van der Waals surface area contributed by atoms with Gasteiger partial charge < -0.3 is 15.4 Å². The lowest BCUT2D eigenvalue weighted by atomic mass is 9.74. The van der Waals surface area contributed by atoms with Crippen LogP contribution in [0.15, 0.2) is 35.1 Å². The van der Waals surface area contributed by atoms with Crippen LogP contribution in [0.2, 0.25) is 0 Å². The Morgan fingerprint density at radius 2 is 2.00 bits per heavy atom. The summed E-state index contributed by atoms with van der Waals surface area (Å²) in [6.07, 6.45) is 2.66. The Balaban J connectivity index is 1.58. The number of nitrogens with zero attached hydrogens (tertiary/aromatic N) is 1. The van der Waals surface area contributed by atoms with Crippen LogP contribution in [0.4, 0.5) is 5.95 Å². The molecule has 0 bridgehead atoms. The fourth-order valence-electron chi connectivity index (χ4n) is 3.83. The highest BCUT2D eigenvalue weighted by atomic mass is 16.5. The number of H-pyrrole nitrogens is 1. The zero-order chi connectivity index (χ0) is 17.1. The zero-order valence-corrected chi connectivity index (χ0v) is 14.3. The Kier molecular flexibility index (Phi) is 4.55. The van der Waals surface area contributed by atoms with E-state index < -0.39 is 0 Å². The predicted octanol–water partition coefficient (Wildman–Crippen LogP) is 1.58. The molecule has 0 spiro atoms. The summed E-state index contributed by atoms with van der Waals surface area (Å²) in [6, 6.07) is 10.6. The van der Waals surface area contributed by atoms with Gasteiger partial charge in [-0.2, -0.15) is 0 Å². The van der Waals surface area contributed by atoms with Crippen LogP contribution in [0.5, 0.6) is 0 Å². The monoisotopic (exact) mass is 340 g/mol. The molecule has 0 radical (unpaired) electrons. The third kappa shape index (κ3) is 3.32. The maximum atomic E-state index is 12.3. The van der Waals surface area contributed by atoms with Crippen molar-refractivity contribution in [3.05, 3.63) is 57.5 Å². The molecule has 2 aliphatic rings. The van der Waals surface area contributed by atoms with E-state index in [1.54, 1.807) is 0 Å². The van der Waals surface area contributed by atoms with Crippen molar-refractivity contribution in [2.75, 3.05) is 31.6 Å². The molecule has 6 heteroatoms. The molecule has 0 atom stereocenters. The summed E-state index contributed by atoms with van der Waals surface area (Å²) in [6.45, 7) is 3.74. The van der Waals surface area contributed by atoms with Gasteiger partial charge in [0.15, 0.2) is 0 Å². The summed E-state index contributed by atoms with van der Waals surface area (Å²) >= 11 is 0. The third-order valence-corrected chi connectivity index (χ3v) is 5.38. The third-order valence-electron chi connectivity index (χ3n) is 5.38. The molecule has 6 nitrogen and oxygen atoms in total. The fourth-order valence-corrected chi connectivity index (χ4v) is 3.83. The second kappa shape index (κ2) is 6.98. The van der Waals surface area contributed by atoms with E-state index in [2.05, 4.69) is 44.9 Å². The van der Waals surface area contributed by atoms with E-state index >= 15 is 0 Å². The molecule has 25 heavy (non-hydrogen) atoms. The van der Waals surface area contributed by atoms with Crippen LogP contribution in [0.25, 0.3) is 0 Å². The molecule has 2 aliphatic heterocycles. The molecule has 1 aromatic heterocycles. The van der Waals surface area contributed by atoms with Gasteiger partial charge in [-0.25, -0.2) is 4.98 Å². The molecular formula is C19H24N4O2. The largest absolute Gasteiger partial charge is 0.381 e. The summed E-state index contributed by atoms with van der Waals surface area (Å²) in [5, 5.41) is 6.67. The van der Waals surface area contributed by atoms with Gasteiger partial charge in [0, 0.05) is 37.3 Å². The minimum atomic E-state index is -0.0188. The molecule has 0 amide bonds. The number of benzene rings is 1. The fraction of sp³-hybridized carbons (Fsp3) is 0.474. The Morgan fingerprint density at radius 3 is 2.80 bits per heavy atom. The highest BCUT2D eigenvalue weighted by Crippen LogP contribution is 2.34. The molecular weight excluding hydrogens is 316 g/mol. The van der Waals surface area contributed by atoms with Crippen molar-refractivity contribution in [2.45, 2.75) is 31.2 Å². The lowest BCUT2D eigenvalue weighted by molar-refractivity contribution is 0.0543. The first-order valence-corrected chi connectivity index (χ1v) is 8.97. The van der Waals surface area contributed by atoms with Gasteiger partial charge in [0.2, 0.25) is 5.95 Å². The zero-order valence-electron chi connectivity index (χ0n) is 14.3. The molecule has 4 rings (SSSR count). The first-order chi connectivity index (χ1) is 12.3.